The summed E-state index contributed by atoms with van der Waals surface area (Å²) in [5.41, 5.74) is 1.67. The lowest BCUT2D eigenvalue weighted by molar-refractivity contribution is -0.384. The van der Waals surface area contributed by atoms with Crippen LogP contribution in [0.1, 0.15) is 40.7 Å². The highest BCUT2D eigenvalue weighted by molar-refractivity contribution is 6.15. The van der Waals surface area contributed by atoms with Gasteiger partial charge in [-0.05, 0) is 61.8 Å². The van der Waals surface area contributed by atoms with Crippen molar-refractivity contribution >= 4 is 17.5 Å². The number of likely N-dealkylation sites (tertiary alicyclic amines) is 1. The number of rotatable bonds is 4. The molecule has 0 spiro atoms. The number of hydrogen-bond donors (Lipinski definition) is 1. The molecule has 1 N–H and O–H groups in total. The zero-order valence-corrected chi connectivity index (χ0v) is 15.3. The Morgan fingerprint density at radius 3 is 2.50 bits per heavy atom. The van der Waals surface area contributed by atoms with Gasteiger partial charge in [0.25, 0.3) is 5.69 Å². The SMILES string of the molecule is O=C1/C(=C\c2ccc([N+](=O)[O-])cc2)Oc2c1ccc(O)c2CN1CCCCC1. The number of hydrogen-bond acceptors (Lipinski definition) is 6. The second kappa shape index (κ2) is 7.44. The van der Waals surface area contributed by atoms with E-state index >= 15 is 0 Å². The van der Waals surface area contributed by atoms with E-state index in [1.165, 1.54) is 24.6 Å². The molecule has 1 saturated heterocycles. The minimum absolute atomic E-state index is 0.0159. The fourth-order valence-electron chi connectivity index (χ4n) is 3.63. The lowest BCUT2D eigenvalue weighted by Crippen LogP contribution is -2.29. The topological polar surface area (TPSA) is 92.9 Å². The normalized spacial score (nSPS) is 18.1. The third-order valence-electron chi connectivity index (χ3n) is 5.15. The first-order chi connectivity index (χ1) is 13.5. The molecule has 2 aliphatic rings. The molecule has 0 unspecified atom stereocenters. The smallest absolute Gasteiger partial charge is 0.269 e. The maximum atomic E-state index is 12.7. The number of carbonyl (C=O) groups is 1. The number of nitro groups is 1. The van der Waals surface area contributed by atoms with Crippen LogP contribution in [0.15, 0.2) is 42.2 Å². The van der Waals surface area contributed by atoms with E-state index in [1.807, 2.05) is 0 Å². The van der Waals surface area contributed by atoms with Gasteiger partial charge in [-0.25, -0.2) is 0 Å². The van der Waals surface area contributed by atoms with Crippen LogP contribution in [0.3, 0.4) is 0 Å². The van der Waals surface area contributed by atoms with Crippen LogP contribution in [0.2, 0.25) is 0 Å². The van der Waals surface area contributed by atoms with Gasteiger partial charge in [0.2, 0.25) is 5.78 Å². The fourth-order valence-corrected chi connectivity index (χ4v) is 3.63. The number of aromatic hydroxyl groups is 1. The molecule has 28 heavy (non-hydrogen) atoms. The van der Waals surface area contributed by atoms with E-state index < -0.39 is 4.92 Å². The number of piperidine rings is 1. The van der Waals surface area contributed by atoms with Gasteiger partial charge in [0.15, 0.2) is 5.76 Å². The van der Waals surface area contributed by atoms with Crippen LogP contribution in [-0.2, 0) is 6.54 Å². The van der Waals surface area contributed by atoms with Crippen molar-refractivity contribution in [2.45, 2.75) is 25.8 Å². The summed E-state index contributed by atoms with van der Waals surface area (Å²) in [7, 11) is 0. The van der Waals surface area contributed by atoms with E-state index in [9.17, 15) is 20.0 Å². The number of non-ortho nitro benzene ring substituents is 1. The number of fused-ring (bicyclic) bond motifs is 1. The van der Waals surface area contributed by atoms with Gasteiger partial charge in [0, 0.05) is 18.7 Å². The second-order valence-electron chi connectivity index (χ2n) is 7.07. The average Bonchev–Trinajstić information content (AvgIpc) is 3.01. The summed E-state index contributed by atoms with van der Waals surface area (Å²) >= 11 is 0. The Balaban J connectivity index is 1.62. The molecular weight excluding hydrogens is 360 g/mol. The van der Waals surface area contributed by atoms with E-state index in [0.29, 0.717) is 29.0 Å². The Bertz CT molecular complexity index is 960. The number of phenols is 1. The summed E-state index contributed by atoms with van der Waals surface area (Å²) in [5.74, 6) is 0.417. The number of ether oxygens (including phenoxy) is 1. The van der Waals surface area contributed by atoms with Gasteiger partial charge in [-0.1, -0.05) is 6.42 Å². The zero-order valence-electron chi connectivity index (χ0n) is 15.3. The fraction of sp³-hybridized carbons (Fsp3) is 0.286. The molecule has 144 valence electrons. The highest BCUT2D eigenvalue weighted by atomic mass is 16.6. The predicted molar refractivity (Wildman–Crippen MR) is 103 cm³/mol. The van der Waals surface area contributed by atoms with Crippen LogP contribution >= 0.6 is 0 Å². The molecule has 0 atom stereocenters. The molecule has 0 amide bonds. The number of nitrogens with zero attached hydrogens (tertiary/aromatic N) is 2. The van der Waals surface area contributed by atoms with Gasteiger partial charge < -0.3 is 9.84 Å². The standard InChI is InChI=1S/C21H20N2O5/c24-18-9-8-16-20(25)19(12-14-4-6-15(7-5-14)23(26)27)28-21(16)17(18)13-22-10-2-1-3-11-22/h4-9,12,24H,1-3,10-11,13H2/b19-12+. The summed E-state index contributed by atoms with van der Waals surface area (Å²) in [6.45, 7) is 2.46. The molecule has 0 bridgehead atoms. The van der Waals surface area contributed by atoms with Crippen LogP contribution < -0.4 is 4.74 Å². The first-order valence-corrected chi connectivity index (χ1v) is 9.29. The van der Waals surface area contributed by atoms with E-state index in [4.69, 9.17) is 4.74 Å². The minimum atomic E-state index is -0.473. The van der Waals surface area contributed by atoms with Crippen LogP contribution in [0.5, 0.6) is 11.5 Å². The molecular formula is C21H20N2O5. The molecule has 2 aromatic rings. The van der Waals surface area contributed by atoms with E-state index in [2.05, 4.69) is 4.90 Å². The quantitative estimate of drug-likeness (QED) is 0.491. The van der Waals surface area contributed by atoms with Gasteiger partial charge in [-0.3, -0.25) is 19.8 Å². The molecule has 0 aromatic heterocycles. The summed E-state index contributed by atoms with van der Waals surface area (Å²) in [5, 5.41) is 21.1. The highest BCUT2D eigenvalue weighted by Crippen LogP contribution is 2.40. The summed E-state index contributed by atoms with van der Waals surface area (Å²) in [4.78, 5) is 25.3. The Morgan fingerprint density at radius 2 is 1.82 bits per heavy atom. The van der Waals surface area contributed by atoms with Crippen molar-refractivity contribution in [1.29, 1.82) is 0 Å². The number of nitro benzene ring substituents is 1. The van der Waals surface area contributed by atoms with Crippen LogP contribution in [-0.4, -0.2) is 33.8 Å². The van der Waals surface area contributed by atoms with Gasteiger partial charge in [0.1, 0.15) is 11.5 Å². The molecule has 7 nitrogen and oxygen atoms in total. The number of benzene rings is 2. The molecule has 7 heteroatoms. The van der Waals surface area contributed by atoms with Gasteiger partial charge in [0.05, 0.1) is 16.1 Å². The number of allylic oxidation sites excluding steroid dienone is 1. The largest absolute Gasteiger partial charge is 0.507 e. The van der Waals surface area contributed by atoms with Gasteiger partial charge >= 0.3 is 0 Å². The third-order valence-corrected chi connectivity index (χ3v) is 5.15. The molecule has 0 aliphatic carbocycles. The second-order valence-corrected chi connectivity index (χ2v) is 7.07. The minimum Gasteiger partial charge on any atom is -0.507 e. The monoisotopic (exact) mass is 380 g/mol. The van der Waals surface area contributed by atoms with Gasteiger partial charge in [-0.2, -0.15) is 0 Å². The average molecular weight is 380 g/mol. The number of ketones is 1. The van der Waals surface area contributed by atoms with Crippen molar-refractivity contribution in [1.82, 2.24) is 4.90 Å². The molecule has 1 fully saturated rings. The number of phenolic OH excluding ortho intramolecular Hbond substituents is 1. The van der Waals surface area contributed by atoms with Crippen molar-refractivity contribution in [2.24, 2.45) is 0 Å². The number of Topliss-reactive ketones (excluding diaryl/α,β-unsaturated/α-hetero) is 1. The summed E-state index contributed by atoms with van der Waals surface area (Å²) in [6, 6.07) is 9.00. The highest BCUT2D eigenvalue weighted by Gasteiger charge is 2.31. The maximum Gasteiger partial charge on any atom is 0.269 e. The van der Waals surface area contributed by atoms with Crippen LogP contribution in [0.4, 0.5) is 5.69 Å². The van der Waals surface area contributed by atoms with Crippen molar-refractivity contribution in [2.75, 3.05) is 13.1 Å². The molecule has 0 saturated carbocycles. The lowest BCUT2D eigenvalue weighted by atomic mass is 10.0. The zero-order chi connectivity index (χ0) is 19.7. The predicted octanol–water partition coefficient (Wildman–Crippen LogP) is 3.90. The van der Waals surface area contributed by atoms with E-state index in [1.54, 1.807) is 24.3 Å². The Morgan fingerprint density at radius 1 is 1.11 bits per heavy atom. The molecule has 2 aliphatic heterocycles. The molecule has 0 radical (unpaired) electrons. The summed E-state index contributed by atoms with van der Waals surface area (Å²) in [6.07, 6.45) is 5.03. The molecule has 2 aromatic carbocycles. The first-order valence-electron chi connectivity index (χ1n) is 9.29. The van der Waals surface area contributed by atoms with E-state index in [-0.39, 0.29) is 23.0 Å². The number of carbonyl (C=O) groups excluding carboxylic acids is 1. The van der Waals surface area contributed by atoms with Crippen molar-refractivity contribution < 1.29 is 19.6 Å². The van der Waals surface area contributed by atoms with Crippen LogP contribution in [0.25, 0.3) is 6.08 Å². The Hall–Kier alpha value is -3.19. The van der Waals surface area contributed by atoms with E-state index in [0.717, 1.165) is 25.9 Å². The lowest BCUT2D eigenvalue weighted by Gasteiger charge is -2.27. The first kappa shape index (κ1) is 18.2. The molecule has 2 heterocycles. The van der Waals surface area contributed by atoms with Crippen molar-refractivity contribution in [3.63, 3.8) is 0 Å². The summed E-state index contributed by atoms with van der Waals surface area (Å²) < 4.78 is 5.85. The van der Waals surface area contributed by atoms with Crippen molar-refractivity contribution in [3.05, 3.63) is 69.0 Å². The molecule has 4 rings (SSSR count). The van der Waals surface area contributed by atoms with Gasteiger partial charge in [-0.15, -0.1) is 0 Å². The Labute approximate surface area is 162 Å². The Kier molecular flexibility index (Phi) is 4.83. The van der Waals surface area contributed by atoms with Crippen LogP contribution in [0, 0.1) is 10.1 Å². The third kappa shape index (κ3) is 3.48. The van der Waals surface area contributed by atoms with Crippen molar-refractivity contribution in [3.8, 4) is 11.5 Å². The maximum absolute atomic E-state index is 12.7.